The van der Waals surface area contributed by atoms with Gasteiger partial charge in [0.25, 0.3) is 5.56 Å². The molecule has 3 fully saturated rings. The Hall–Kier alpha value is -3.25. The number of anilines is 2. The summed E-state index contributed by atoms with van der Waals surface area (Å²) in [5.74, 6) is -0.867. The van der Waals surface area contributed by atoms with Gasteiger partial charge in [0.15, 0.2) is 41.3 Å². The summed E-state index contributed by atoms with van der Waals surface area (Å²) in [4.78, 5) is 45.9. The zero-order valence-electron chi connectivity index (χ0n) is 22.9. The van der Waals surface area contributed by atoms with Gasteiger partial charge in [0.2, 0.25) is 5.95 Å². The Morgan fingerprint density at radius 1 is 1.07 bits per heavy atom. The van der Waals surface area contributed by atoms with Gasteiger partial charge in [-0.3, -0.25) is 23.4 Å². The van der Waals surface area contributed by atoms with E-state index in [-0.39, 0.29) is 34.1 Å². The summed E-state index contributed by atoms with van der Waals surface area (Å²) in [7, 11) is -4.59. The maximum Gasteiger partial charge on any atom is 0.336 e. The van der Waals surface area contributed by atoms with Gasteiger partial charge in [-0.05, 0) is 11.8 Å². The van der Waals surface area contributed by atoms with Crippen LogP contribution in [0.4, 0.5) is 16.2 Å². The predicted molar refractivity (Wildman–Crippen MR) is 153 cm³/mol. The van der Waals surface area contributed by atoms with Crippen molar-refractivity contribution in [2.75, 3.05) is 24.6 Å². The van der Waals surface area contributed by atoms with Crippen LogP contribution < -0.4 is 21.7 Å². The van der Waals surface area contributed by atoms with Gasteiger partial charge in [-0.25, -0.2) is 28.5 Å². The first kappa shape index (κ1) is 30.4. The van der Waals surface area contributed by atoms with Gasteiger partial charge < -0.3 is 30.4 Å². The largest absolute Gasteiger partial charge is 0.382 e. The first-order chi connectivity index (χ1) is 21.3. The molecular formula is C21H25FN11O9PS2. The van der Waals surface area contributed by atoms with Crippen LogP contribution in [0.2, 0.25) is 0 Å². The number of halogens is 1. The SMILES string of the molecule is C[C@H]1[C@H]2OS(=O)(=O)NC[C@H]3O[C@@H](n4cnc5c(N)ncnc54)[C@H](F)[C@@H]3OP(O)(=S)OC[C@H]1O[C@H]2n1cnc2c(=O)[nH]c(N)nc21. The first-order valence-electron chi connectivity index (χ1n) is 13.3. The van der Waals surface area contributed by atoms with E-state index in [0.29, 0.717) is 0 Å². The zero-order chi connectivity index (χ0) is 31.8. The zero-order valence-corrected chi connectivity index (χ0v) is 25.4. The number of hydrogen-bond acceptors (Lipinski definition) is 16. The van der Waals surface area contributed by atoms with Crippen molar-refractivity contribution in [2.24, 2.45) is 5.92 Å². The number of nitrogen functional groups attached to an aromatic ring is 2. The number of imidazole rings is 2. The van der Waals surface area contributed by atoms with Gasteiger partial charge in [-0.1, -0.05) is 6.92 Å². The van der Waals surface area contributed by atoms with Crippen molar-refractivity contribution in [3.63, 3.8) is 0 Å². The van der Waals surface area contributed by atoms with Crippen LogP contribution in [0.1, 0.15) is 19.4 Å². The predicted octanol–water partition coefficient (Wildman–Crippen LogP) is -1.26. The summed E-state index contributed by atoms with van der Waals surface area (Å²) >= 11 is 5.21. The average Bonchev–Trinajstić information content (AvgIpc) is 3.72. The third-order valence-electron chi connectivity index (χ3n) is 7.71. The summed E-state index contributed by atoms with van der Waals surface area (Å²) in [5, 5.41) is 0. The van der Waals surface area contributed by atoms with E-state index in [4.69, 9.17) is 46.0 Å². The number of nitrogens with one attached hydrogen (secondary N) is 2. The van der Waals surface area contributed by atoms with Gasteiger partial charge in [0, 0.05) is 12.5 Å². The standard InChI is InChI=1S/C21H25FN11O9PS2/c1-7-9-3-38-43(35,44)41-14-8(39-19(10(14)22)32-5-27-11-15(23)25-4-26-16(11)32)2-29-45(36,37)42-13(7)20(40-9)33-6-28-12-17(33)30-21(24)31-18(12)34/h4-10,13-14,19-20,29H,2-3H2,1H3,(H,35,44)(H2,23,25,26)(H3,24,30,31,34)/t7-,8-,9-,10-,13-,14-,19-,20-,43?/m1/s1. The van der Waals surface area contributed by atoms with Crippen LogP contribution in [-0.2, 0) is 44.8 Å². The van der Waals surface area contributed by atoms with Gasteiger partial charge in [-0.15, -0.1) is 0 Å². The summed E-state index contributed by atoms with van der Waals surface area (Å²) in [6.45, 7) is -3.54. The summed E-state index contributed by atoms with van der Waals surface area (Å²) in [5.41, 5.74) is 11.2. The molecule has 3 aliphatic heterocycles. The Kier molecular flexibility index (Phi) is 7.39. The van der Waals surface area contributed by atoms with Crippen LogP contribution in [0.5, 0.6) is 0 Å². The molecule has 0 aromatic carbocycles. The van der Waals surface area contributed by atoms with E-state index in [0.717, 1.165) is 6.33 Å². The highest BCUT2D eigenvalue weighted by atomic mass is 32.5. The molecule has 3 aliphatic rings. The van der Waals surface area contributed by atoms with Crippen LogP contribution in [0.3, 0.4) is 0 Å². The van der Waals surface area contributed by atoms with Crippen LogP contribution in [0.25, 0.3) is 22.3 Å². The van der Waals surface area contributed by atoms with Crippen molar-refractivity contribution in [1.82, 2.24) is 43.8 Å². The minimum Gasteiger partial charge on any atom is -0.382 e. The minimum atomic E-state index is -4.59. The second kappa shape index (κ2) is 10.9. The number of rotatable bonds is 2. The number of nitrogens with two attached hydrogens (primary N) is 2. The topological polar surface area (TPSA) is 272 Å². The second-order valence-electron chi connectivity index (χ2n) is 10.5. The maximum atomic E-state index is 16.0. The molecule has 9 atom stereocenters. The highest BCUT2D eigenvalue weighted by Crippen LogP contribution is 2.51. The Morgan fingerprint density at radius 3 is 2.56 bits per heavy atom. The number of alkyl halides is 1. The van der Waals surface area contributed by atoms with Gasteiger partial charge >= 0.3 is 17.0 Å². The van der Waals surface area contributed by atoms with Gasteiger partial charge in [0.05, 0.1) is 25.4 Å². The molecular weight excluding hydrogens is 664 g/mol. The van der Waals surface area contributed by atoms with Crippen LogP contribution in [0, 0.1) is 5.92 Å². The average molecular weight is 690 g/mol. The molecule has 0 radical (unpaired) electrons. The monoisotopic (exact) mass is 689 g/mol. The fourth-order valence-corrected chi connectivity index (χ4v) is 7.95. The number of nitrogens with zero attached hydrogens (tertiary/aromatic N) is 7. The first-order valence-corrected chi connectivity index (χ1v) is 17.3. The third kappa shape index (κ3) is 5.37. The fraction of sp³-hybridized carbons (Fsp3) is 0.524. The number of fused-ring (bicyclic) bond motifs is 5. The lowest BCUT2D eigenvalue weighted by Crippen LogP contribution is -2.42. The highest BCUT2D eigenvalue weighted by Gasteiger charge is 2.52. The molecule has 45 heavy (non-hydrogen) atoms. The second-order valence-corrected chi connectivity index (χ2v) is 14.7. The third-order valence-corrected chi connectivity index (χ3v) is 10.3. The number of aromatic nitrogens is 8. The lowest BCUT2D eigenvalue weighted by molar-refractivity contribution is -0.0464. The molecule has 20 nitrogen and oxygen atoms in total. The van der Waals surface area contributed by atoms with Crippen molar-refractivity contribution in [3.05, 3.63) is 29.3 Å². The van der Waals surface area contributed by atoms with Gasteiger partial charge in [-0.2, -0.15) is 18.1 Å². The molecule has 24 heteroatoms. The van der Waals surface area contributed by atoms with Gasteiger partial charge in [0.1, 0.15) is 30.2 Å². The summed E-state index contributed by atoms with van der Waals surface area (Å²) in [6, 6.07) is 0. The van der Waals surface area contributed by atoms with Crippen molar-refractivity contribution in [1.29, 1.82) is 0 Å². The molecule has 0 saturated carbocycles. The van der Waals surface area contributed by atoms with E-state index in [1.807, 2.05) is 0 Å². The molecule has 0 amide bonds. The van der Waals surface area contributed by atoms with Crippen molar-refractivity contribution < 1.29 is 40.4 Å². The van der Waals surface area contributed by atoms with E-state index in [9.17, 15) is 18.1 Å². The van der Waals surface area contributed by atoms with E-state index in [1.165, 1.54) is 21.8 Å². The lowest BCUT2D eigenvalue weighted by Gasteiger charge is -2.26. The van der Waals surface area contributed by atoms with Crippen molar-refractivity contribution in [2.45, 2.75) is 50.0 Å². The molecule has 242 valence electrons. The van der Waals surface area contributed by atoms with Crippen LogP contribution in [-0.4, -0.2) is 96.1 Å². The van der Waals surface area contributed by atoms with Crippen LogP contribution in [0.15, 0.2) is 23.8 Å². The molecule has 1 unspecified atom stereocenters. The van der Waals surface area contributed by atoms with E-state index >= 15 is 4.39 Å². The molecule has 0 aliphatic carbocycles. The number of hydrogen-bond donors (Lipinski definition) is 5. The summed E-state index contributed by atoms with van der Waals surface area (Å²) < 4.78 is 76.1. The Labute approximate surface area is 256 Å². The molecule has 7 heterocycles. The molecule has 4 aromatic rings. The molecule has 4 aromatic heterocycles. The molecule has 7 rings (SSSR count). The lowest BCUT2D eigenvalue weighted by atomic mass is 10.0. The number of H-pyrrole nitrogens is 1. The van der Waals surface area contributed by atoms with Crippen molar-refractivity contribution >= 4 is 62.9 Å². The van der Waals surface area contributed by atoms with E-state index in [2.05, 4.69) is 34.6 Å². The Balaban J connectivity index is 1.21. The number of ether oxygens (including phenoxy) is 2. The fourth-order valence-electron chi connectivity index (χ4n) is 5.51. The van der Waals surface area contributed by atoms with Crippen molar-refractivity contribution in [3.8, 4) is 0 Å². The summed E-state index contributed by atoms with van der Waals surface area (Å²) in [6.07, 6.45) is -6.13. The Bertz CT molecular complexity index is 2010. The molecule has 7 N–H and O–H groups in total. The van der Waals surface area contributed by atoms with Crippen LogP contribution >= 0.6 is 6.72 Å². The van der Waals surface area contributed by atoms with E-state index in [1.54, 1.807) is 6.92 Å². The maximum absolute atomic E-state index is 16.0. The highest BCUT2D eigenvalue weighted by molar-refractivity contribution is 8.07. The van der Waals surface area contributed by atoms with E-state index < -0.39 is 84.7 Å². The molecule has 3 saturated heterocycles. The smallest absolute Gasteiger partial charge is 0.336 e. The number of aromatic amines is 1. The molecule has 0 spiro atoms. The quantitative estimate of drug-likeness (QED) is 0.154. The molecule has 2 bridgehead atoms. The minimum absolute atomic E-state index is 0.00646. The normalized spacial score (nSPS) is 35.5. The Morgan fingerprint density at radius 2 is 1.78 bits per heavy atom.